The molecule has 0 nitrogen and oxygen atoms in total. The van der Waals surface area contributed by atoms with Gasteiger partial charge in [-0.05, 0) is 0 Å². The maximum atomic E-state index is 2.71. The zero-order chi connectivity index (χ0) is 39.7. The summed E-state index contributed by atoms with van der Waals surface area (Å²) in [5.41, 5.74) is 10.1. The number of hydrogen-bond donors (Lipinski definition) is 0. The maximum absolute atomic E-state index is 3.01. The van der Waals surface area contributed by atoms with Gasteiger partial charge < -0.3 is 37.2 Å². The Bertz CT molecular complexity index is 1580. The Labute approximate surface area is 370 Å². The first kappa shape index (κ1) is 52.0. The third-order valence-electron chi connectivity index (χ3n) is 11.4. The number of halogens is 3. The molecule has 0 aromatic heterocycles. The Morgan fingerprint density at radius 1 is 0.436 bits per heavy atom. The average Bonchev–Trinajstić information content (AvgIpc) is 3.35. The molecule has 0 heterocycles. The van der Waals surface area contributed by atoms with Crippen LogP contribution in [0, 0.1) is 0 Å². The van der Waals surface area contributed by atoms with Crippen molar-refractivity contribution < 1.29 is 57.7 Å². The topological polar surface area (TPSA) is 0 Å². The minimum atomic E-state index is -3.01. The molecular formula is C50H73Cl3SiTi. The number of rotatable bonds is 6. The van der Waals surface area contributed by atoms with Crippen LogP contribution in [0.25, 0.3) is 0 Å². The maximum Gasteiger partial charge on any atom is -1.00 e. The summed E-state index contributed by atoms with van der Waals surface area (Å²) in [6.07, 6.45) is 10.1. The van der Waals surface area contributed by atoms with Crippen LogP contribution in [-0.4, -0.2) is 8.07 Å². The van der Waals surface area contributed by atoms with Crippen LogP contribution in [0.1, 0.15) is 178 Å². The molecule has 0 N–H and O–H groups in total. The van der Waals surface area contributed by atoms with Gasteiger partial charge in [0, 0.05) is 0 Å². The molecule has 4 rings (SSSR count). The van der Waals surface area contributed by atoms with Crippen molar-refractivity contribution in [1.82, 2.24) is 0 Å². The zero-order valence-corrected chi connectivity index (χ0v) is 42.8. The number of benzene rings is 3. The molecule has 0 bridgehead atoms. The monoisotopic (exact) mass is 854 g/mol. The Morgan fingerprint density at radius 3 is 0.873 bits per heavy atom. The van der Waals surface area contributed by atoms with E-state index in [4.69, 9.17) is 0 Å². The molecule has 0 saturated heterocycles. The van der Waals surface area contributed by atoms with E-state index >= 15 is 0 Å². The standard InChI is InChI=1S/C50H73Si.3ClH.Ti/c1-20-21-34-22-23-41(24-34)51(42-28-35(45(2,3)4)25-36(29-42)46(5,6)7,43-30-37(47(8,9)10)26-38(31-43)48(11,12)13)44-32-39(49(14,15)16)27-40(33-44)50(17,18)19;;;;/h22-33H,20-21H2,1-19H3;3*1H;/q;;;;+3/p-3. The first-order chi connectivity index (χ1) is 23.3. The van der Waals surface area contributed by atoms with Gasteiger partial charge in [-0.1, -0.05) is 0 Å². The van der Waals surface area contributed by atoms with Gasteiger partial charge in [-0.3, -0.25) is 0 Å². The molecule has 3 aromatic rings. The Kier molecular flexibility index (Phi) is 16.3. The van der Waals surface area contributed by atoms with E-state index < -0.39 is 8.07 Å². The summed E-state index contributed by atoms with van der Waals surface area (Å²) in [5.74, 6) is 0. The van der Waals surface area contributed by atoms with E-state index in [0.717, 1.165) is 12.8 Å². The van der Waals surface area contributed by atoms with Crippen LogP contribution in [0.4, 0.5) is 0 Å². The van der Waals surface area contributed by atoms with E-state index in [-0.39, 0.29) is 73.1 Å². The van der Waals surface area contributed by atoms with Crippen molar-refractivity contribution in [2.75, 3.05) is 0 Å². The Morgan fingerprint density at radius 2 is 0.673 bits per heavy atom. The molecule has 0 radical (unpaired) electrons. The van der Waals surface area contributed by atoms with E-state index in [0.29, 0.717) is 0 Å². The summed E-state index contributed by atoms with van der Waals surface area (Å²) in [7, 11) is -3.01. The zero-order valence-electron chi connectivity index (χ0n) is 38.0. The van der Waals surface area contributed by atoms with Crippen molar-refractivity contribution in [3.63, 3.8) is 0 Å². The van der Waals surface area contributed by atoms with Gasteiger partial charge in [0.2, 0.25) is 0 Å². The van der Waals surface area contributed by atoms with Crippen LogP contribution in [0.3, 0.4) is 0 Å². The fourth-order valence-corrected chi connectivity index (χ4v) is 15.5. The van der Waals surface area contributed by atoms with Gasteiger partial charge in [0.25, 0.3) is 0 Å². The number of allylic oxidation sites excluding steroid dienone is 4. The van der Waals surface area contributed by atoms with Gasteiger partial charge in [0.1, 0.15) is 0 Å². The fraction of sp³-hybridized carbons (Fsp3) is 0.560. The molecule has 3 aromatic carbocycles. The molecule has 0 fully saturated rings. The molecular weight excluding hydrogens is 783 g/mol. The van der Waals surface area contributed by atoms with Crippen LogP contribution in [0.2, 0.25) is 3.34 Å². The SMILES string of the molecule is CCCC1=C[C]([Ti+3])([Si](c2cc(C(C)(C)C)cc(C(C)(C)C)c2)(c2cc(C(C)(C)C)cc(C(C)(C)C)c2)c2cc(C(C)(C)C)cc(C(C)(C)C)c2)C=C1.[Cl-].[Cl-].[Cl-]. The normalized spacial score (nSPS) is 16.9. The first-order valence-corrected chi connectivity index (χ1v) is 22.8. The molecule has 5 heteroatoms. The summed E-state index contributed by atoms with van der Waals surface area (Å²) >= 11 is 2.60. The first-order valence-electron chi connectivity index (χ1n) is 20.0. The molecule has 55 heavy (non-hydrogen) atoms. The molecule has 1 atom stereocenters. The molecule has 0 amide bonds. The summed E-state index contributed by atoms with van der Waals surface area (Å²) in [6, 6.07) is 23.5. The van der Waals surface area contributed by atoms with Crippen LogP contribution in [0.5, 0.6) is 0 Å². The van der Waals surface area contributed by atoms with E-state index in [9.17, 15) is 0 Å². The molecule has 302 valence electrons. The second-order valence-electron chi connectivity index (χ2n) is 22.3. The third kappa shape index (κ3) is 11.0. The second kappa shape index (κ2) is 17.3. The van der Waals surface area contributed by atoms with Gasteiger partial charge in [-0.2, -0.15) is 0 Å². The predicted molar refractivity (Wildman–Crippen MR) is 231 cm³/mol. The van der Waals surface area contributed by atoms with Crippen molar-refractivity contribution in [3.8, 4) is 0 Å². The van der Waals surface area contributed by atoms with E-state index in [1.165, 1.54) is 54.5 Å². The van der Waals surface area contributed by atoms with Crippen LogP contribution in [0.15, 0.2) is 78.4 Å². The molecule has 0 aliphatic heterocycles. The number of hydrogen-bond acceptors (Lipinski definition) is 0. The van der Waals surface area contributed by atoms with Crippen LogP contribution in [-0.2, 0) is 52.9 Å². The molecule has 0 saturated carbocycles. The molecule has 1 aliphatic carbocycles. The van der Waals surface area contributed by atoms with Crippen molar-refractivity contribution in [3.05, 3.63) is 112 Å². The van der Waals surface area contributed by atoms with Crippen molar-refractivity contribution in [1.29, 1.82) is 0 Å². The molecule has 1 aliphatic rings. The van der Waals surface area contributed by atoms with Crippen molar-refractivity contribution in [2.45, 2.75) is 180 Å². The minimum Gasteiger partial charge on any atom is -1.00 e. The van der Waals surface area contributed by atoms with Crippen molar-refractivity contribution in [2.24, 2.45) is 0 Å². The van der Waals surface area contributed by atoms with Gasteiger partial charge in [-0.25, -0.2) is 0 Å². The second-order valence-corrected chi connectivity index (χ2v) is 28.5. The van der Waals surface area contributed by atoms with Crippen molar-refractivity contribution >= 4 is 23.6 Å². The van der Waals surface area contributed by atoms with Gasteiger partial charge in [0.15, 0.2) is 0 Å². The molecule has 1 unspecified atom stereocenters. The van der Waals surface area contributed by atoms with Crippen LogP contribution >= 0.6 is 0 Å². The molecule has 0 spiro atoms. The summed E-state index contributed by atoms with van der Waals surface area (Å²) in [6.45, 7) is 45.5. The van der Waals surface area contributed by atoms with Gasteiger partial charge in [0.05, 0.1) is 0 Å². The Hall–Kier alpha value is -1.06. The average molecular weight is 856 g/mol. The minimum absolute atomic E-state index is 0. The van der Waals surface area contributed by atoms with Gasteiger partial charge >= 0.3 is 336 Å². The summed E-state index contributed by atoms with van der Waals surface area (Å²) in [5, 5.41) is 4.59. The summed E-state index contributed by atoms with van der Waals surface area (Å²) < 4.78 is -0.208. The fourth-order valence-electron chi connectivity index (χ4n) is 7.65. The van der Waals surface area contributed by atoms with E-state index in [2.05, 4.69) is 225 Å². The largest absolute Gasteiger partial charge is 1.00 e. The third-order valence-corrected chi connectivity index (χ3v) is 18.7. The van der Waals surface area contributed by atoms with Crippen LogP contribution < -0.4 is 52.8 Å². The smallest absolute Gasteiger partial charge is 1.00 e. The summed E-state index contributed by atoms with van der Waals surface area (Å²) in [4.78, 5) is 0. The predicted octanol–water partition coefficient (Wildman–Crippen LogP) is 3.49. The van der Waals surface area contributed by atoms with Gasteiger partial charge in [-0.15, -0.1) is 0 Å². The van der Waals surface area contributed by atoms with E-state index in [1.54, 1.807) is 0 Å². The Balaban J connectivity index is 0.00000504. The van der Waals surface area contributed by atoms with E-state index in [1.807, 2.05) is 0 Å². The quantitative estimate of drug-likeness (QED) is 0.264.